The highest BCUT2D eigenvalue weighted by atomic mass is 19.1. The number of halogens is 2. The predicted octanol–water partition coefficient (Wildman–Crippen LogP) is 2.39. The number of carbonyl (C=O) groups excluding carboxylic acids is 2. The molecule has 1 heterocycles. The monoisotopic (exact) mass is 414 g/mol. The minimum absolute atomic E-state index is 0.156. The first-order valence-electron chi connectivity index (χ1n) is 9.81. The normalized spacial score (nSPS) is 15.0. The Morgan fingerprint density at radius 1 is 1.34 bits per heavy atom. The van der Waals surface area contributed by atoms with Gasteiger partial charge >= 0.3 is 0 Å². The standard InChI is InChI=1S/C18H28F2N6O3/c1-2-7-21-16-15(20)17(23-14(9-19)22-16)24-25-18(28)13(10-26(29)11-27)8-12-5-3-4-6-12/h11-13,29H,2-10H2,1H3,(H,25,28)(H2,21,22,23,24)/t13-/m0/s1. The van der Waals surface area contributed by atoms with Gasteiger partial charge in [-0.1, -0.05) is 32.6 Å². The van der Waals surface area contributed by atoms with Crippen molar-refractivity contribution in [1.29, 1.82) is 0 Å². The van der Waals surface area contributed by atoms with Gasteiger partial charge in [-0.25, -0.2) is 19.4 Å². The fraction of sp³-hybridized carbons (Fsp3) is 0.667. The Balaban J connectivity index is 2.07. The van der Waals surface area contributed by atoms with Crippen LogP contribution in [0.15, 0.2) is 0 Å². The molecule has 1 fully saturated rings. The van der Waals surface area contributed by atoms with Gasteiger partial charge in [-0.05, 0) is 18.8 Å². The van der Waals surface area contributed by atoms with Gasteiger partial charge in [-0.2, -0.15) is 4.39 Å². The second kappa shape index (κ2) is 11.4. The number of carbonyl (C=O) groups is 2. The second-order valence-corrected chi connectivity index (χ2v) is 7.14. The summed E-state index contributed by atoms with van der Waals surface area (Å²) >= 11 is 0. The number of anilines is 2. The summed E-state index contributed by atoms with van der Waals surface area (Å²) in [6, 6.07) is 0. The van der Waals surface area contributed by atoms with Crippen LogP contribution >= 0.6 is 0 Å². The largest absolute Gasteiger partial charge is 0.367 e. The Morgan fingerprint density at radius 3 is 2.66 bits per heavy atom. The van der Waals surface area contributed by atoms with Gasteiger partial charge in [0.2, 0.25) is 18.1 Å². The topological polar surface area (TPSA) is 119 Å². The zero-order valence-electron chi connectivity index (χ0n) is 16.5. The maximum atomic E-state index is 14.5. The Hall–Kier alpha value is -2.56. The lowest BCUT2D eigenvalue weighted by Crippen LogP contribution is -2.41. The van der Waals surface area contributed by atoms with Crippen LogP contribution in [0.5, 0.6) is 0 Å². The summed E-state index contributed by atoms with van der Waals surface area (Å²) < 4.78 is 27.6. The maximum Gasteiger partial charge on any atom is 0.243 e. The van der Waals surface area contributed by atoms with Crippen molar-refractivity contribution in [3.05, 3.63) is 11.6 Å². The number of hydroxylamine groups is 2. The first-order chi connectivity index (χ1) is 14.0. The number of nitrogens with zero attached hydrogens (tertiary/aromatic N) is 3. The van der Waals surface area contributed by atoms with E-state index in [2.05, 4.69) is 26.1 Å². The fourth-order valence-corrected chi connectivity index (χ4v) is 3.40. The summed E-state index contributed by atoms with van der Waals surface area (Å²) in [7, 11) is 0. The highest BCUT2D eigenvalue weighted by molar-refractivity contribution is 5.80. The second-order valence-electron chi connectivity index (χ2n) is 7.14. The minimum Gasteiger partial charge on any atom is -0.367 e. The van der Waals surface area contributed by atoms with E-state index in [1.165, 1.54) is 0 Å². The third-order valence-corrected chi connectivity index (χ3v) is 4.86. The van der Waals surface area contributed by atoms with Gasteiger partial charge in [0.25, 0.3) is 0 Å². The van der Waals surface area contributed by atoms with Gasteiger partial charge in [0, 0.05) is 6.54 Å². The Labute approximate surface area is 168 Å². The minimum atomic E-state index is -0.993. The van der Waals surface area contributed by atoms with Crippen LogP contribution in [0.2, 0.25) is 0 Å². The van der Waals surface area contributed by atoms with Crippen LogP contribution in [0.1, 0.15) is 51.3 Å². The molecule has 2 rings (SSSR count). The van der Waals surface area contributed by atoms with Crippen LogP contribution in [-0.4, -0.2) is 45.6 Å². The van der Waals surface area contributed by atoms with E-state index in [9.17, 15) is 23.6 Å². The molecule has 0 radical (unpaired) electrons. The van der Waals surface area contributed by atoms with E-state index in [1.54, 1.807) is 0 Å². The molecule has 1 saturated carbocycles. The summed E-state index contributed by atoms with van der Waals surface area (Å²) in [5.74, 6) is -2.49. The van der Waals surface area contributed by atoms with Crippen molar-refractivity contribution in [3.63, 3.8) is 0 Å². The van der Waals surface area contributed by atoms with Crippen LogP contribution in [0.3, 0.4) is 0 Å². The zero-order chi connectivity index (χ0) is 21.2. The lowest BCUT2D eigenvalue weighted by atomic mass is 9.92. The van der Waals surface area contributed by atoms with Crippen LogP contribution in [0, 0.1) is 17.7 Å². The molecule has 1 atom stereocenters. The number of aromatic nitrogens is 2. The highest BCUT2D eigenvalue weighted by Gasteiger charge is 2.27. The molecule has 0 aliphatic heterocycles. The Bertz CT molecular complexity index is 688. The molecule has 9 nitrogen and oxygen atoms in total. The lowest BCUT2D eigenvalue weighted by Gasteiger charge is -2.22. The molecule has 1 aliphatic rings. The van der Waals surface area contributed by atoms with E-state index in [0.29, 0.717) is 30.4 Å². The third kappa shape index (κ3) is 6.77. The average Bonchev–Trinajstić information content (AvgIpc) is 3.24. The molecule has 0 bridgehead atoms. The van der Waals surface area contributed by atoms with Crippen molar-refractivity contribution in [3.8, 4) is 0 Å². The number of amides is 2. The van der Waals surface area contributed by atoms with Crippen LogP contribution in [0.4, 0.5) is 20.4 Å². The molecule has 162 valence electrons. The summed E-state index contributed by atoms with van der Waals surface area (Å²) in [6.45, 7) is 1.15. The summed E-state index contributed by atoms with van der Waals surface area (Å²) in [5, 5.41) is 12.7. The predicted molar refractivity (Wildman–Crippen MR) is 102 cm³/mol. The van der Waals surface area contributed by atoms with Gasteiger partial charge in [-0.15, -0.1) is 0 Å². The molecule has 1 aromatic rings. The van der Waals surface area contributed by atoms with E-state index in [1.807, 2.05) is 6.92 Å². The number of nitrogens with one attached hydrogen (secondary N) is 3. The van der Waals surface area contributed by atoms with Gasteiger partial charge in [0.1, 0.15) is 6.67 Å². The van der Waals surface area contributed by atoms with Crippen molar-refractivity contribution in [1.82, 2.24) is 20.5 Å². The van der Waals surface area contributed by atoms with Crippen molar-refractivity contribution >= 4 is 24.0 Å². The molecular formula is C18H28F2N6O3. The number of alkyl halides is 1. The van der Waals surface area contributed by atoms with Crippen molar-refractivity contribution in [2.24, 2.45) is 11.8 Å². The fourth-order valence-electron chi connectivity index (χ4n) is 3.40. The van der Waals surface area contributed by atoms with Crippen molar-refractivity contribution in [2.75, 3.05) is 23.8 Å². The molecule has 11 heteroatoms. The summed E-state index contributed by atoms with van der Waals surface area (Å²) in [4.78, 5) is 30.8. The SMILES string of the molecule is CCCNc1nc(CF)nc(NNC(=O)[C@@H](CC2CCCC2)CN(O)C=O)c1F. The smallest absolute Gasteiger partial charge is 0.243 e. The number of hydrogen-bond donors (Lipinski definition) is 4. The van der Waals surface area contributed by atoms with Crippen LogP contribution in [-0.2, 0) is 16.3 Å². The number of hydrazine groups is 1. The maximum absolute atomic E-state index is 14.5. The van der Waals surface area contributed by atoms with Crippen molar-refractivity contribution in [2.45, 2.75) is 52.1 Å². The molecule has 0 saturated heterocycles. The summed E-state index contributed by atoms with van der Waals surface area (Å²) in [5.41, 5.74) is 4.73. The molecule has 2 amide bonds. The lowest BCUT2D eigenvalue weighted by molar-refractivity contribution is -0.154. The highest BCUT2D eigenvalue weighted by Crippen LogP contribution is 2.30. The van der Waals surface area contributed by atoms with E-state index in [-0.39, 0.29) is 30.4 Å². The molecule has 29 heavy (non-hydrogen) atoms. The first-order valence-corrected chi connectivity index (χ1v) is 9.81. The first kappa shape index (κ1) is 22.7. The van der Waals surface area contributed by atoms with E-state index >= 15 is 0 Å². The van der Waals surface area contributed by atoms with Crippen molar-refractivity contribution < 1.29 is 23.6 Å². The Kier molecular flexibility index (Phi) is 8.97. The van der Waals surface area contributed by atoms with E-state index < -0.39 is 24.3 Å². The van der Waals surface area contributed by atoms with E-state index in [4.69, 9.17) is 0 Å². The van der Waals surface area contributed by atoms with Gasteiger partial charge < -0.3 is 5.32 Å². The molecule has 1 aliphatic carbocycles. The molecule has 0 spiro atoms. The van der Waals surface area contributed by atoms with Gasteiger partial charge in [-0.3, -0.25) is 25.6 Å². The molecule has 0 unspecified atom stereocenters. The third-order valence-electron chi connectivity index (χ3n) is 4.86. The van der Waals surface area contributed by atoms with E-state index in [0.717, 1.165) is 25.7 Å². The van der Waals surface area contributed by atoms with Crippen LogP contribution < -0.4 is 16.2 Å². The summed E-state index contributed by atoms with van der Waals surface area (Å²) in [6.07, 6.45) is 5.56. The quantitative estimate of drug-likeness (QED) is 0.235. The average molecular weight is 414 g/mol. The molecular weight excluding hydrogens is 386 g/mol. The van der Waals surface area contributed by atoms with Gasteiger partial charge in [0.05, 0.1) is 12.5 Å². The number of hydrogen-bond acceptors (Lipinski definition) is 7. The zero-order valence-corrected chi connectivity index (χ0v) is 16.5. The van der Waals surface area contributed by atoms with Gasteiger partial charge in [0.15, 0.2) is 17.5 Å². The molecule has 1 aromatic heterocycles. The number of rotatable bonds is 12. The molecule has 4 N–H and O–H groups in total. The Morgan fingerprint density at radius 2 is 2.03 bits per heavy atom. The van der Waals surface area contributed by atoms with Crippen LogP contribution in [0.25, 0.3) is 0 Å². The molecule has 0 aromatic carbocycles.